The standard InChI is InChI=1S/C24H36N2O4S/c1-18-15-26(19(2)17-27)31(28,29)24-13-12-21(11-7-10-20-8-5-6-9-20)14-22(24)30-23(18)16-25(3)4/h12-14,18-20,23,27H,5-6,8-10,15-17H2,1-4H3/t18-,19-,23+/m0/s1. The molecule has 0 amide bonds. The fourth-order valence-electron chi connectivity index (χ4n) is 4.39. The van der Waals surface area contributed by atoms with E-state index >= 15 is 0 Å². The number of aliphatic hydroxyl groups is 1. The molecule has 1 heterocycles. The SMILES string of the molecule is C[C@H]1CN([C@@H](C)CO)S(=O)(=O)c2ccc(C#CCC3CCCC3)cc2O[C@@H]1CN(C)C. The Morgan fingerprint density at radius 2 is 2.00 bits per heavy atom. The third-order valence-electron chi connectivity index (χ3n) is 6.31. The molecule has 1 aliphatic heterocycles. The largest absolute Gasteiger partial charge is 0.487 e. The van der Waals surface area contributed by atoms with Crippen molar-refractivity contribution in [2.75, 3.05) is 33.8 Å². The van der Waals surface area contributed by atoms with Gasteiger partial charge in [0.2, 0.25) is 10.0 Å². The smallest absolute Gasteiger partial charge is 0.247 e. The summed E-state index contributed by atoms with van der Waals surface area (Å²) in [6.45, 7) is 4.46. The Hall–Kier alpha value is -1.59. The van der Waals surface area contributed by atoms with E-state index < -0.39 is 16.1 Å². The minimum atomic E-state index is -3.80. The third-order valence-corrected chi connectivity index (χ3v) is 8.33. The van der Waals surface area contributed by atoms with Crippen LogP contribution in [0.5, 0.6) is 5.75 Å². The molecular formula is C24H36N2O4S. The number of fused-ring (bicyclic) bond motifs is 1. The molecule has 0 bridgehead atoms. The molecule has 0 unspecified atom stereocenters. The molecule has 2 aliphatic rings. The van der Waals surface area contributed by atoms with Gasteiger partial charge < -0.3 is 14.7 Å². The lowest BCUT2D eigenvalue weighted by molar-refractivity contribution is 0.0812. The Labute approximate surface area is 187 Å². The second kappa shape index (κ2) is 10.4. The van der Waals surface area contributed by atoms with Crippen molar-refractivity contribution in [2.24, 2.45) is 11.8 Å². The van der Waals surface area contributed by atoms with Crippen molar-refractivity contribution in [1.29, 1.82) is 0 Å². The van der Waals surface area contributed by atoms with Crippen LogP contribution in [0.3, 0.4) is 0 Å². The van der Waals surface area contributed by atoms with E-state index in [1.54, 1.807) is 25.1 Å². The zero-order valence-corrected chi connectivity index (χ0v) is 20.0. The predicted octanol–water partition coefficient (Wildman–Crippen LogP) is 2.95. The molecule has 3 atom stereocenters. The minimum absolute atomic E-state index is 0.0450. The van der Waals surface area contributed by atoms with E-state index in [0.717, 1.165) is 12.0 Å². The van der Waals surface area contributed by atoms with Crippen LogP contribution in [0.1, 0.15) is 51.5 Å². The van der Waals surface area contributed by atoms with Gasteiger partial charge in [0.05, 0.1) is 6.61 Å². The topological polar surface area (TPSA) is 70.1 Å². The van der Waals surface area contributed by atoms with Crippen molar-refractivity contribution >= 4 is 10.0 Å². The molecule has 0 spiro atoms. The van der Waals surface area contributed by atoms with E-state index in [9.17, 15) is 13.5 Å². The Balaban J connectivity index is 1.97. The molecule has 1 fully saturated rings. The van der Waals surface area contributed by atoms with E-state index in [1.165, 1.54) is 30.0 Å². The van der Waals surface area contributed by atoms with Crippen LogP contribution >= 0.6 is 0 Å². The van der Waals surface area contributed by atoms with E-state index in [1.807, 2.05) is 25.9 Å². The molecule has 1 aromatic rings. The molecule has 7 heteroatoms. The summed E-state index contributed by atoms with van der Waals surface area (Å²) in [7, 11) is 0.153. The van der Waals surface area contributed by atoms with Crippen molar-refractivity contribution in [3.05, 3.63) is 23.8 Å². The van der Waals surface area contributed by atoms with Crippen molar-refractivity contribution in [3.63, 3.8) is 0 Å². The monoisotopic (exact) mass is 448 g/mol. The zero-order valence-electron chi connectivity index (χ0n) is 19.2. The Bertz CT molecular complexity index is 913. The number of nitrogens with zero attached hydrogens (tertiary/aromatic N) is 2. The lowest BCUT2D eigenvalue weighted by atomic mass is 10.0. The van der Waals surface area contributed by atoms with Crippen LogP contribution in [0.4, 0.5) is 0 Å². The number of likely N-dealkylation sites (N-methyl/N-ethyl adjacent to an activating group) is 1. The quantitative estimate of drug-likeness (QED) is 0.702. The van der Waals surface area contributed by atoms with Crippen LogP contribution in [-0.2, 0) is 10.0 Å². The molecule has 1 aromatic carbocycles. The summed E-state index contributed by atoms with van der Waals surface area (Å²) in [5, 5.41) is 9.69. The number of hydrogen-bond acceptors (Lipinski definition) is 5. The normalized spacial score (nSPS) is 25.1. The highest BCUT2D eigenvalue weighted by atomic mass is 32.2. The molecule has 0 aromatic heterocycles. The van der Waals surface area contributed by atoms with Gasteiger partial charge >= 0.3 is 0 Å². The number of hydrogen-bond donors (Lipinski definition) is 1. The molecule has 3 rings (SSSR count). The van der Waals surface area contributed by atoms with Crippen molar-refractivity contribution in [1.82, 2.24) is 9.21 Å². The molecular weight excluding hydrogens is 412 g/mol. The summed E-state index contributed by atoms with van der Waals surface area (Å²) < 4.78 is 34.6. The highest BCUT2D eigenvalue weighted by Gasteiger charge is 2.37. The number of benzene rings is 1. The van der Waals surface area contributed by atoms with Gasteiger partial charge in [-0.25, -0.2) is 8.42 Å². The van der Waals surface area contributed by atoms with Crippen LogP contribution in [0.25, 0.3) is 0 Å². The average molecular weight is 449 g/mol. The Morgan fingerprint density at radius 1 is 1.29 bits per heavy atom. The van der Waals surface area contributed by atoms with Gasteiger partial charge in [-0.1, -0.05) is 31.6 Å². The minimum Gasteiger partial charge on any atom is -0.487 e. The van der Waals surface area contributed by atoms with Gasteiger partial charge in [-0.2, -0.15) is 4.31 Å². The van der Waals surface area contributed by atoms with Gasteiger partial charge in [0.1, 0.15) is 16.7 Å². The van der Waals surface area contributed by atoms with E-state index in [-0.39, 0.29) is 23.5 Å². The summed E-state index contributed by atoms with van der Waals surface area (Å²) in [4.78, 5) is 2.19. The first-order chi connectivity index (χ1) is 14.7. The van der Waals surface area contributed by atoms with Crippen LogP contribution in [0.15, 0.2) is 23.1 Å². The van der Waals surface area contributed by atoms with Crippen molar-refractivity contribution in [2.45, 2.75) is 63.0 Å². The first-order valence-electron chi connectivity index (χ1n) is 11.3. The fraction of sp³-hybridized carbons (Fsp3) is 0.667. The second-order valence-corrected chi connectivity index (χ2v) is 11.2. The van der Waals surface area contributed by atoms with Crippen molar-refractivity contribution in [3.8, 4) is 17.6 Å². The zero-order chi connectivity index (χ0) is 22.6. The van der Waals surface area contributed by atoms with Crippen LogP contribution < -0.4 is 4.74 Å². The van der Waals surface area contributed by atoms with E-state index in [2.05, 4.69) is 11.8 Å². The van der Waals surface area contributed by atoms with Gasteiger partial charge in [0, 0.05) is 37.0 Å². The van der Waals surface area contributed by atoms with Crippen molar-refractivity contribution < 1.29 is 18.3 Å². The van der Waals surface area contributed by atoms with E-state index in [4.69, 9.17) is 4.74 Å². The van der Waals surface area contributed by atoms with Crippen LogP contribution in [0.2, 0.25) is 0 Å². The number of rotatable bonds is 5. The third kappa shape index (κ3) is 5.81. The molecule has 1 N–H and O–H groups in total. The van der Waals surface area contributed by atoms with Crippen LogP contribution in [0, 0.1) is 23.7 Å². The van der Waals surface area contributed by atoms with Gasteiger partial charge in [0.25, 0.3) is 0 Å². The first-order valence-corrected chi connectivity index (χ1v) is 12.7. The van der Waals surface area contributed by atoms with Gasteiger partial charge in [0.15, 0.2) is 0 Å². The number of aliphatic hydroxyl groups excluding tert-OH is 1. The summed E-state index contributed by atoms with van der Waals surface area (Å²) in [6.07, 6.45) is 5.81. The Morgan fingerprint density at radius 3 is 2.65 bits per heavy atom. The summed E-state index contributed by atoms with van der Waals surface area (Å²) in [6, 6.07) is 4.61. The lowest BCUT2D eigenvalue weighted by Crippen LogP contribution is -2.49. The summed E-state index contributed by atoms with van der Waals surface area (Å²) >= 11 is 0. The second-order valence-electron chi connectivity index (χ2n) is 9.32. The van der Waals surface area contributed by atoms with Crippen LogP contribution in [-0.4, -0.2) is 68.7 Å². The fourth-order valence-corrected chi connectivity index (χ4v) is 6.22. The molecule has 1 saturated carbocycles. The van der Waals surface area contributed by atoms with Gasteiger partial charge in [-0.15, -0.1) is 0 Å². The summed E-state index contributed by atoms with van der Waals surface area (Å²) in [5.74, 6) is 7.48. The maximum absolute atomic E-state index is 13.4. The van der Waals surface area contributed by atoms with Gasteiger partial charge in [-0.05, 0) is 58.0 Å². The number of sulfonamides is 1. The molecule has 0 saturated heterocycles. The van der Waals surface area contributed by atoms with E-state index in [0.29, 0.717) is 24.8 Å². The lowest BCUT2D eigenvalue weighted by Gasteiger charge is -2.37. The number of ether oxygens (including phenoxy) is 1. The molecule has 172 valence electrons. The molecule has 1 aliphatic carbocycles. The summed E-state index contributed by atoms with van der Waals surface area (Å²) in [5.41, 5.74) is 0.769. The molecule has 31 heavy (non-hydrogen) atoms. The highest BCUT2D eigenvalue weighted by molar-refractivity contribution is 7.89. The molecule has 6 nitrogen and oxygen atoms in total. The average Bonchev–Trinajstić information content (AvgIpc) is 3.23. The van der Waals surface area contributed by atoms with Gasteiger partial charge in [-0.3, -0.25) is 0 Å². The maximum atomic E-state index is 13.4. The predicted molar refractivity (Wildman–Crippen MR) is 122 cm³/mol. The first kappa shape index (κ1) is 24.1. The molecule has 0 radical (unpaired) electrons. The highest BCUT2D eigenvalue weighted by Crippen LogP contribution is 2.34. The Kier molecular flexibility index (Phi) is 8.03. The maximum Gasteiger partial charge on any atom is 0.247 e.